The van der Waals surface area contributed by atoms with Crippen molar-refractivity contribution in [3.8, 4) is 11.6 Å². The van der Waals surface area contributed by atoms with Crippen LogP contribution in [0.5, 0.6) is 5.75 Å². The Bertz CT molecular complexity index is 985. The topological polar surface area (TPSA) is 79.1 Å². The summed E-state index contributed by atoms with van der Waals surface area (Å²) in [4.78, 5) is 16.1. The van der Waals surface area contributed by atoms with Gasteiger partial charge in [-0.05, 0) is 38.1 Å². The summed E-state index contributed by atoms with van der Waals surface area (Å²) in [5, 5.41) is 7.64. The van der Waals surface area contributed by atoms with Crippen LogP contribution < -0.4 is 4.74 Å². The molecule has 1 aromatic carbocycles. The predicted octanol–water partition coefficient (Wildman–Crippen LogP) is 3.83. The molecule has 2 heterocycles. The molecule has 2 aromatic heterocycles. The van der Waals surface area contributed by atoms with Crippen molar-refractivity contribution in [3.05, 3.63) is 65.6 Å². The highest BCUT2D eigenvalue weighted by Crippen LogP contribution is 2.28. The highest BCUT2D eigenvalue weighted by Gasteiger charge is 2.30. The Morgan fingerprint density at radius 2 is 1.93 bits per heavy atom. The van der Waals surface area contributed by atoms with E-state index in [1.807, 2.05) is 13.8 Å². The van der Waals surface area contributed by atoms with Crippen molar-refractivity contribution in [2.24, 2.45) is 0 Å². The number of hydrogen-bond donors (Lipinski definition) is 0. The average molecular weight is 406 g/mol. The average Bonchev–Trinajstić information content (AvgIpc) is 3.14. The maximum absolute atomic E-state index is 12.6. The van der Waals surface area contributed by atoms with Crippen LogP contribution in [0.25, 0.3) is 5.82 Å². The predicted molar refractivity (Wildman–Crippen MR) is 95.5 cm³/mol. The maximum atomic E-state index is 12.6. The van der Waals surface area contributed by atoms with Crippen LogP contribution in [0.15, 0.2) is 48.8 Å². The number of pyridine rings is 1. The van der Waals surface area contributed by atoms with Gasteiger partial charge in [-0.1, -0.05) is 17.3 Å². The highest BCUT2D eigenvalue weighted by atomic mass is 19.4. The summed E-state index contributed by atoms with van der Waals surface area (Å²) in [6.07, 6.45) is -2.45. The maximum Gasteiger partial charge on any atom is 0.417 e. The lowest BCUT2D eigenvalue weighted by Crippen LogP contribution is -2.12. The molecular weight excluding hydrogens is 389 g/mol. The van der Waals surface area contributed by atoms with E-state index in [9.17, 15) is 18.0 Å². The molecule has 3 aromatic rings. The Hall–Kier alpha value is -3.43. The molecule has 10 heteroatoms. The van der Waals surface area contributed by atoms with Crippen LogP contribution in [0, 0.1) is 0 Å². The van der Waals surface area contributed by atoms with Gasteiger partial charge < -0.3 is 9.47 Å². The van der Waals surface area contributed by atoms with Gasteiger partial charge in [0, 0.05) is 6.20 Å². The van der Waals surface area contributed by atoms with Gasteiger partial charge in [0.15, 0.2) is 5.82 Å². The van der Waals surface area contributed by atoms with Crippen LogP contribution in [-0.2, 0) is 17.5 Å². The lowest BCUT2D eigenvalue weighted by molar-refractivity contribution is -0.137. The third-order valence-electron chi connectivity index (χ3n) is 3.67. The Labute approximate surface area is 164 Å². The van der Waals surface area contributed by atoms with E-state index < -0.39 is 17.7 Å². The standard InChI is InChI=1S/C19H17F3N4O3/c1-12(2)29-16-6-4-3-5-15(16)18(27)28-11-14-10-26(25-24-14)17-8-7-13(9-23-17)19(20,21)22/h3-10,12H,11H2,1-2H3. The number of para-hydroxylation sites is 1. The van der Waals surface area contributed by atoms with E-state index in [0.717, 1.165) is 6.07 Å². The first-order valence-corrected chi connectivity index (χ1v) is 8.61. The quantitative estimate of drug-likeness (QED) is 0.579. The molecule has 7 nitrogen and oxygen atoms in total. The van der Waals surface area contributed by atoms with Gasteiger partial charge >= 0.3 is 12.1 Å². The van der Waals surface area contributed by atoms with E-state index in [1.165, 1.54) is 16.9 Å². The number of nitrogens with zero attached hydrogens (tertiary/aromatic N) is 4. The van der Waals surface area contributed by atoms with Crippen LogP contribution in [0.3, 0.4) is 0 Å². The van der Waals surface area contributed by atoms with Crippen molar-refractivity contribution in [1.82, 2.24) is 20.0 Å². The molecule has 0 bridgehead atoms. The summed E-state index contributed by atoms with van der Waals surface area (Å²) >= 11 is 0. The van der Waals surface area contributed by atoms with E-state index >= 15 is 0 Å². The Morgan fingerprint density at radius 1 is 1.17 bits per heavy atom. The molecule has 29 heavy (non-hydrogen) atoms. The van der Waals surface area contributed by atoms with Gasteiger partial charge in [-0.25, -0.2) is 14.5 Å². The molecule has 0 aliphatic heterocycles. The van der Waals surface area contributed by atoms with E-state index in [4.69, 9.17) is 9.47 Å². The number of benzene rings is 1. The molecular formula is C19H17F3N4O3. The fraction of sp³-hybridized carbons (Fsp3) is 0.263. The summed E-state index contributed by atoms with van der Waals surface area (Å²) in [6.45, 7) is 3.51. The number of esters is 1. The zero-order chi connectivity index (χ0) is 21.0. The van der Waals surface area contributed by atoms with Gasteiger partial charge in [-0.3, -0.25) is 0 Å². The van der Waals surface area contributed by atoms with Gasteiger partial charge in [0.05, 0.1) is 17.9 Å². The molecule has 0 unspecified atom stereocenters. The minimum Gasteiger partial charge on any atom is -0.490 e. The van der Waals surface area contributed by atoms with Crippen LogP contribution in [0.1, 0.15) is 35.5 Å². The minimum absolute atomic E-state index is 0.111. The molecule has 0 aliphatic rings. The molecule has 0 saturated carbocycles. The number of carbonyl (C=O) groups excluding carboxylic acids is 1. The largest absolute Gasteiger partial charge is 0.490 e. The lowest BCUT2D eigenvalue weighted by Gasteiger charge is -2.13. The molecule has 3 rings (SSSR count). The third kappa shape index (κ3) is 5.09. The van der Waals surface area contributed by atoms with E-state index in [2.05, 4.69) is 15.3 Å². The summed E-state index contributed by atoms with van der Waals surface area (Å²) in [7, 11) is 0. The Kier molecular flexibility index (Phi) is 5.81. The third-order valence-corrected chi connectivity index (χ3v) is 3.67. The van der Waals surface area contributed by atoms with Crippen molar-refractivity contribution in [2.45, 2.75) is 32.7 Å². The summed E-state index contributed by atoms with van der Waals surface area (Å²) < 4.78 is 49.9. The number of carbonyl (C=O) groups is 1. The molecule has 0 fully saturated rings. The van der Waals surface area contributed by atoms with E-state index in [0.29, 0.717) is 17.6 Å². The number of rotatable bonds is 6. The second kappa shape index (κ2) is 8.29. The van der Waals surface area contributed by atoms with Gasteiger partial charge in [0.1, 0.15) is 23.6 Å². The van der Waals surface area contributed by atoms with Gasteiger partial charge in [0.2, 0.25) is 0 Å². The molecule has 0 radical (unpaired) electrons. The second-order valence-corrected chi connectivity index (χ2v) is 6.30. The number of ether oxygens (including phenoxy) is 2. The van der Waals surface area contributed by atoms with Crippen LogP contribution in [0.2, 0.25) is 0 Å². The van der Waals surface area contributed by atoms with Crippen molar-refractivity contribution >= 4 is 5.97 Å². The fourth-order valence-electron chi connectivity index (χ4n) is 2.37. The Morgan fingerprint density at radius 3 is 2.59 bits per heavy atom. The number of hydrogen-bond acceptors (Lipinski definition) is 6. The first-order valence-electron chi connectivity index (χ1n) is 8.61. The zero-order valence-electron chi connectivity index (χ0n) is 15.6. The van der Waals surface area contributed by atoms with E-state index in [1.54, 1.807) is 24.3 Å². The van der Waals surface area contributed by atoms with Crippen LogP contribution in [-0.4, -0.2) is 32.1 Å². The van der Waals surface area contributed by atoms with Crippen molar-refractivity contribution in [3.63, 3.8) is 0 Å². The first kappa shape index (κ1) is 20.3. The lowest BCUT2D eigenvalue weighted by atomic mass is 10.2. The van der Waals surface area contributed by atoms with Gasteiger partial charge in [-0.15, -0.1) is 5.10 Å². The summed E-state index contributed by atoms with van der Waals surface area (Å²) in [5.74, 6) is -0.0349. The number of halogens is 3. The number of alkyl halides is 3. The smallest absolute Gasteiger partial charge is 0.417 e. The van der Waals surface area contributed by atoms with Crippen LogP contribution >= 0.6 is 0 Å². The minimum atomic E-state index is -4.47. The molecule has 0 aliphatic carbocycles. The zero-order valence-corrected chi connectivity index (χ0v) is 15.6. The van der Waals surface area contributed by atoms with Crippen molar-refractivity contribution in [2.75, 3.05) is 0 Å². The summed E-state index contributed by atoms with van der Waals surface area (Å²) in [6, 6.07) is 8.77. The molecule has 0 spiro atoms. The molecule has 0 N–H and O–H groups in total. The molecule has 152 valence electrons. The molecule has 0 saturated heterocycles. The van der Waals surface area contributed by atoms with Gasteiger partial charge in [0.25, 0.3) is 0 Å². The fourth-order valence-corrected chi connectivity index (χ4v) is 2.37. The van der Waals surface area contributed by atoms with Crippen molar-refractivity contribution < 1.29 is 27.4 Å². The van der Waals surface area contributed by atoms with Gasteiger partial charge in [-0.2, -0.15) is 13.2 Å². The normalized spacial score (nSPS) is 11.5. The monoisotopic (exact) mass is 406 g/mol. The number of aromatic nitrogens is 4. The first-order chi connectivity index (χ1) is 13.7. The highest BCUT2D eigenvalue weighted by molar-refractivity contribution is 5.92. The van der Waals surface area contributed by atoms with Crippen molar-refractivity contribution in [1.29, 1.82) is 0 Å². The SMILES string of the molecule is CC(C)Oc1ccccc1C(=O)OCc1cn(-c2ccc(C(F)(F)F)cn2)nn1. The second-order valence-electron chi connectivity index (χ2n) is 6.30. The van der Waals surface area contributed by atoms with Crippen LogP contribution in [0.4, 0.5) is 13.2 Å². The molecule has 0 atom stereocenters. The molecule has 0 amide bonds. The summed E-state index contributed by atoms with van der Waals surface area (Å²) in [5.41, 5.74) is -0.280. The Balaban J connectivity index is 1.66. The van der Waals surface area contributed by atoms with E-state index in [-0.39, 0.29) is 24.1 Å².